The Balaban J connectivity index is 3.18. The van der Waals surface area contributed by atoms with Gasteiger partial charge in [0.25, 0.3) is 0 Å². The molecule has 0 heterocycles. The molecule has 1 nitrogen and oxygen atoms in total. The summed E-state index contributed by atoms with van der Waals surface area (Å²) in [6, 6.07) is 7.13. The Hall–Kier alpha value is -1.11. The minimum absolute atomic E-state index is 0.370. The highest BCUT2D eigenvalue weighted by Gasteiger charge is 2.05. The fraction of sp³-hybridized carbons (Fsp3) is 0.533. The van der Waals surface area contributed by atoms with Crippen molar-refractivity contribution in [1.29, 1.82) is 0 Å². The van der Waals surface area contributed by atoms with Gasteiger partial charge in [0.1, 0.15) is 0 Å². The molecule has 1 rings (SSSR count). The Morgan fingerprint density at radius 2 is 1.88 bits per heavy atom. The van der Waals surface area contributed by atoms with Crippen LogP contribution in [0.4, 0.5) is 0 Å². The van der Waals surface area contributed by atoms with E-state index in [1.165, 1.54) is 22.4 Å². The average Bonchev–Trinajstić information content (AvgIpc) is 2.27. The highest BCUT2D eigenvalue weighted by Crippen LogP contribution is 2.15. The molecular formula is C15H23N. The van der Waals surface area contributed by atoms with Gasteiger partial charge in [-0.25, -0.2) is 0 Å². The first-order valence-corrected chi connectivity index (χ1v) is 6.25. The van der Waals surface area contributed by atoms with Crippen molar-refractivity contribution >= 4 is 5.71 Å². The van der Waals surface area contributed by atoms with Gasteiger partial charge >= 0.3 is 0 Å². The zero-order valence-corrected chi connectivity index (χ0v) is 11.2. The van der Waals surface area contributed by atoms with E-state index < -0.39 is 0 Å². The van der Waals surface area contributed by atoms with Crippen molar-refractivity contribution in [3.05, 3.63) is 34.9 Å². The van der Waals surface area contributed by atoms with E-state index in [0.717, 1.165) is 12.8 Å². The van der Waals surface area contributed by atoms with Gasteiger partial charge in [-0.05, 0) is 56.4 Å². The van der Waals surface area contributed by atoms with Gasteiger partial charge in [-0.2, -0.15) is 0 Å². The first-order chi connectivity index (χ1) is 7.58. The van der Waals surface area contributed by atoms with Crippen LogP contribution in [0.2, 0.25) is 0 Å². The summed E-state index contributed by atoms with van der Waals surface area (Å²) in [5.74, 6) is 0. The predicted octanol–water partition coefficient (Wildman–Crippen LogP) is 4.03. The van der Waals surface area contributed by atoms with Gasteiger partial charge in [-0.3, -0.25) is 4.99 Å². The molecule has 0 saturated heterocycles. The molecule has 0 bridgehead atoms. The van der Waals surface area contributed by atoms with Crippen LogP contribution in [0.5, 0.6) is 0 Å². The summed E-state index contributed by atoms with van der Waals surface area (Å²) in [6.45, 7) is 10.8. The average molecular weight is 217 g/mol. The molecule has 0 aliphatic rings. The summed E-state index contributed by atoms with van der Waals surface area (Å²) in [6.07, 6.45) is 2.16. The van der Waals surface area contributed by atoms with Crippen molar-refractivity contribution in [3.63, 3.8) is 0 Å². The van der Waals surface area contributed by atoms with Crippen molar-refractivity contribution in [1.82, 2.24) is 0 Å². The van der Waals surface area contributed by atoms with E-state index in [2.05, 4.69) is 57.8 Å². The molecule has 0 radical (unpaired) electrons. The molecule has 1 heteroatoms. The molecule has 88 valence electrons. The predicted molar refractivity (Wildman–Crippen MR) is 72.5 cm³/mol. The summed E-state index contributed by atoms with van der Waals surface area (Å²) in [4.78, 5) is 4.65. The van der Waals surface area contributed by atoms with Gasteiger partial charge in [0, 0.05) is 11.8 Å². The van der Waals surface area contributed by atoms with Gasteiger partial charge in [0.2, 0.25) is 0 Å². The number of aryl methyl sites for hydroxylation is 2. The molecule has 0 N–H and O–H groups in total. The number of hydrogen-bond acceptors (Lipinski definition) is 1. The molecule has 1 aromatic rings. The van der Waals surface area contributed by atoms with Gasteiger partial charge < -0.3 is 0 Å². The lowest BCUT2D eigenvalue weighted by Crippen LogP contribution is -2.05. The van der Waals surface area contributed by atoms with Crippen molar-refractivity contribution in [2.24, 2.45) is 4.99 Å². The number of benzene rings is 1. The van der Waals surface area contributed by atoms with Crippen LogP contribution in [-0.4, -0.2) is 11.8 Å². The third-order valence-electron chi connectivity index (χ3n) is 2.81. The molecule has 0 amide bonds. The topological polar surface area (TPSA) is 12.4 Å². The Morgan fingerprint density at radius 1 is 1.19 bits per heavy atom. The molecule has 0 aliphatic carbocycles. The number of nitrogens with zero attached hydrogens (tertiary/aromatic N) is 1. The monoisotopic (exact) mass is 217 g/mol. The highest BCUT2D eigenvalue weighted by atomic mass is 14.8. The zero-order valence-electron chi connectivity index (χ0n) is 11.2. The van der Waals surface area contributed by atoms with Crippen LogP contribution in [0.3, 0.4) is 0 Å². The standard InChI is InChI=1S/C15H23N/c1-6-13-8-9-14(7-2)15(10-13)12(5)16-11(3)4/h8-11H,6-7H2,1-5H3. The SMILES string of the molecule is CCc1ccc(CC)c(C(C)=NC(C)C)c1. The van der Waals surface area contributed by atoms with Crippen LogP contribution in [-0.2, 0) is 12.8 Å². The van der Waals surface area contributed by atoms with Crippen molar-refractivity contribution in [2.45, 2.75) is 53.5 Å². The first kappa shape index (κ1) is 13.0. The van der Waals surface area contributed by atoms with Gasteiger partial charge in [-0.1, -0.05) is 26.0 Å². The smallest absolute Gasteiger partial charge is 0.0446 e. The van der Waals surface area contributed by atoms with Crippen molar-refractivity contribution < 1.29 is 0 Å². The number of aliphatic imine (C=N–C) groups is 1. The molecule has 1 aromatic carbocycles. The quantitative estimate of drug-likeness (QED) is 0.675. The van der Waals surface area contributed by atoms with Gasteiger partial charge in [0.15, 0.2) is 0 Å². The second-order valence-electron chi connectivity index (χ2n) is 4.51. The van der Waals surface area contributed by atoms with Crippen LogP contribution in [0, 0.1) is 0 Å². The maximum atomic E-state index is 4.65. The molecule has 0 aromatic heterocycles. The van der Waals surface area contributed by atoms with Crippen LogP contribution in [0.25, 0.3) is 0 Å². The molecule has 0 atom stereocenters. The second-order valence-corrected chi connectivity index (χ2v) is 4.51. The number of rotatable bonds is 4. The Labute approximate surface area is 99.6 Å². The lowest BCUT2D eigenvalue weighted by molar-refractivity contribution is 0.835. The lowest BCUT2D eigenvalue weighted by atomic mass is 9.98. The van der Waals surface area contributed by atoms with Crippen molar-refractivity contribution in [2.75, 3.05) is 0 Å². The molecular weight excluding hydrogens is 194 g/mol. The van der Waals surface area contributed by atoms with Crippen LogP contribution >= 0.6 is 0 Å². The molecule has 0 unspecified atom stereocenters. The van der Waals surface area contributed by atoms with E-state index in [0.29, 0.717) is 6.04 Å². The van der Waals surface area contributed by atoms with E-state index in [4.69, 9.17) is 0 Å². The summed E-state index contributed by atoms with van der Waals surface area (Å²) in [7, 11) is 0. The molecule has 0 spiro atoms. The Kier molecular flexibility index (Phi) is 4.72. The Bertz CT molecular complexity index is 375. The fourth-order valence-electron chi connectivity index (χ4n) is 1.95. The minimum atomic E-state index is 0.370. The van der Waals surface area contributed by atoms with Gasteiger partial charge in [0.05, 0.1) is 0 Å². The molecule has 0 saturated carbocycles. The molecule has 16 heavy (non-hydrogen) atoms. The highest BCUT2D eigenvalue weighted by molar-refractivity contribution is 6.00. The van der Waals surface area contributed by atoms with Crippen LogP contribution < -0.4 is 0 Å². The maximum absolute atomic E-state index is 4.65. The van der Waals surface area contributed by atoms with Crippen LogP contribution in [0.1, 0.15) is 51.3 Å². The second kappa shape index (κ2) is 5.83. The maximum Gasteiger partial charge on any atom is 0.0446 e. The number of hydrogen-bond donors (Lipinski definition) is 0. The molecule has 0 aliphatic heterocycles. The van der Waals surface area contributed by atoms with E-state index in [9.17, 15) is 0 Å². The minimum Gasteiger partial charge on any atom is -0.287 e. The Morgan fingerprint density at radius 3 is 2.38 bits per heavy atom. The summed E-state index contributed by atoms with van der Waals surface area (Å²) >= 11 is 0. The summed E-state index contributed by atoms with van der Waals surface area (Å²) < 4.78 is 0. The normalized spacial score (nSPS) is 12.2. The van der Waals surface area contributed by atoms with E-state index in [1.807, 2.05) is 0 Å². The van der Waals surface area contributed by atoms with E-state index >= 15 is 0 Å². The van der Waals surface area contributed by atoms with E-state index in [1.54, 1.807) is 0 Å². The first-order valence-electron chi connectivity index (χ1n) is 6.25. The van der Waals surface area contributed by atoms with E-state index in [-0.39, 0.29) is 0 Å². The molecule has 0 fully saturated rings. The third kappa shape index (κ3) is 3.19. The fourth-order valence-corrected chi connectivity index (χ4v) is 1.95. The third-order valence-corrected chi connectivity index (χ3v) is 2.81. The zero-order chi connectivity index (χ0) is 12.1. The van der Waals surface area contributed by atoms with Crippen molar-refractivity contribution in [3.8, 4) is 0 Å². The van der Waals surface area contributed by atoms with Gasteiger partial charge in [-0.15, -0.1) is 0 Å². The summed E-state index contributed by atoms with van der Waals surface area (Å²) in [5, 5.41) is 0. The largest absolute Gasteiger partial charge is 0.287 e. The van der Waals surface area contributed by atoms with Crippen LogP contribution in [0.15, 0.2) is 23.2 Å². The summed E-state index contributed by atoms with van der Waals surface area (Å²) in [5.41, 5.74) is 5.29. The lowest BCUT2D eigenvalue weighted by Gasteiger charge is -2.11.